The Morgan fingerprint density at radius 2 is 1.79 bits per heavy atom. The molecule has 2 aromatic rings. The number of fused-ring (bicyclic) bond motifs is 1. The average Bonchev–Trinajstić information content (AvgIpc) is 2.73. The van der Waals surface area contributed by atoms with Gasteiger partial charge in [0.05, 0.1) is 24.7 Å². The topological polar surface area (TPSA) is 62.1 Å². The predicted octanol–water partition coefficient (Wildman–Crippen LogP) is 4.44. The van der Waals surface area contributed by atoms with Gasteiger partial charge in [0.25, 0.3) is 0 Å². The van der Waals surface area contributed by atoms with Crippen LogP contribution in [0.15, 0.2) is 77.6 Å². The number of benzene rings is 2. The maximum Gasteiger partial charge on any atom is 0.143 e. The molecule has 4 rings (SSSR count). The Labute approximate surface area is 165 Å². The van der Waals surface area contributed by atoms with E-state index in [4.69, 9.17) is 4.74 Å². The van der Waals surface area contributed by atoms with Gasteiger partial charge in [0.1, 0.15) is 11.5 Å². The van der Waals surface area contributed by atoms with E-state index < -0.39 is 5.92 Å². The number of Topliss-reactive ketones (excluding diaryl/α,β-unsaturated/α-hetero) is 1. The van der Waals surface area contributed by atoms with Gasteiger partial charge in [-0.25, -0.2) is 0 Å². The maximum absolute atomic E-state index is 13.3. The molecule has 28 heavy (non-hydrogen) atoms. The van der Waals surface area contributed by atoms with Crippen LogP contribution in [0.1, 0.15) is 36.3 Å². The van der Waals surface area contributed by atoms with E-state index >= 15 is 0 Å². The first-order chi connectivity index (χ1) is 13.6. The molecule has 0 spiro atoms. The minimum absolute atomic E-state index is 0.0437. The minimum Gasteiger partial charge on any atom is -0.496 e. The first-order valence-electron chi connectivity index (χ1n) is 9.44. The predicted molar refractivity (Wildman–Crippen MR) is 108 cm³/mol. The third-order valence-corrected chi connectivity index (χ3v) is 5.69. The quantitative estimate of drug-likeness (QED) is 0.868. The van der Waals surface area contributed by atoms with Gasteiger partial charge < -0.3 is 10.1 Å². The summed E-state index contributed by atoms with van der Waals surface area (Å²) in [5.74, 6) is 0.164. The molecule has 1 aliphatic carbocycles. The maximum atomic E-state index is 13.3. The van der Waals surface area contributed by atoms with E-state index in [9.17, 15) is 10.1 Å². The average molecular weight is 370 g/mol. The molecule has 0 saturated carbocycles. The highest BCUT2D eigenvalue weighted by molar-refractivity contribution is 5.89. The number of allylic oxidation sites excluding steroid dienone is 4. The van der Waals surface area contributed by atoms with Crippen LogP contribution in [0.5, 0.6) is 5.75 Å². The molecule has 0 radical (unpaired) electrons. The van der Waals surface area contributed by atoms with Crippen molar-refractivity contribution in [3.63, 3.8) is 0 Å². The van der Waals surface area contributed by atoms with Gasteiger partial charge in [-0.2, -0.15) is 5.26 Å². The summed E-state index contributed by atoms with van der Waals surface area (Å²) in [6, 6.07) is 20.1. The molecule has 0 fully saturated rings. The van der Waals surface area contributed by atoms with Crippen molar-refractivity contribution in [2.75, 3.05) is 7.11 Å². The van der Waals surface area contributed by atoms with Crippen LogP contribution in [0, 0.1) is 17.2 Å². The molecule has 1 aliphatic heterocycles. The Bertz CT molecular complexity index is 1010. The Balaban J connectivity index is 1.85. The summed E-state index contributed by atoms with van der Waals surface area (Å²) in [6.07, 6.45) is 2.59. The Morgan fingerprint density at radius 3 is 2.50 bits per heavy atom. The zero-order chi connectivity index (χ0) is 19.7. The first-order valence-corrected chi connectivity index (χ1v) is 9.44. The number of nitriles is 1. The van der Waals surface area contributed by atoms with Gasteiger partial charge in [0, 0.05) is 35.2 Å². The van der Waals surface area contributed by atoms with Crippen LogP contribution in [0.2, 0.25) is 0 Å². The van der Waals surface area contributed by atoms with Crippen molar-refractivity contribution in [2.24, 2.45) is 5.92 Å². The smallest absolute Gasteiger partial charge is 0.143 e. The van der Waals surface area contributed by atoms with E-state index in [1.807, 2.05) is 49.4 Å². The van der Waals surface area contributed by atoms with Gasteiger partial charge >= 0.3 is 0 Å². The SMILES string of the molecule is COc1ccccc1C1C(C#N)=C(C)NC2=CC(c3ccccc3)CC(=O)C21. The van der Waals surface area contributed by atoms with E-state index in [2.05, 4.69) is 29.6 Å². The number of ketones is 1. The molecule has 0 amide bonds. The molecule has 0 saturated heterocycles. The highest BCUT2D eigenvalue weighted by Crippen LogP contribution is 2.47. The number of carbonyl (C=O) groups excluding carboxylic acids is 1. The van der Waals surface area contributed by atoms with Gasteiger partial charge in [-0.15, -0.1) is 0 Å². The lowest BCUT2D eigenvalue weighted by molar-refractivity contribution is -0.123. The van der Waals surface area contributed by atoms with E-state index in [0.717, 1.165) is 22.5 Å². The van der Waals surface area contributed by atoms with E-state index in [1.165, 1.54) is 0 Å². The van der Waals surface area contributed by atoms with Crippen LogP contribution in [-0.4, -0.2) is 12.9 Å². The monoisotopic (exact) mass is 370 g/mol. The van der Waals surface area contributed by atoms with Crippen LogP contribution in [-0.2, 0) is 4.79 Å². The number of ether oxygens (including phenoxy) is 1. The zero-order valence-electron chi connectivity index (χ0n) is 16.0. The molecular weight excluding hydrogens is 348 g/mol. The highest BCUT2D eigenvalue weighted by atomic mass is 16.5. The second kappa shape index (κ2) is 7.36. The van der Waals surface area contributed by atoms with Crippen LogP contribution in [0.3, 0.4) is 0 Å². The standard InChI is InChI=1S/C24H22N2O2/c1-15-19(14-25)23(18-10-6-7-11-22(18)28-2)24-20(26-15)12-17(13-21(24)27)16-8-4-3-5-9-16/h3-12,17,23-24,26H,13H2,1-2H3. The third kappa shape index (κ3) is 2.99. The van der Waals surface area contributed by atoms with Crippen molar-refractivity contribution in [3.8, 4) is 11.8 Å². The molecule has 1 N–H and O–H groups in total. The molecule has 0 aromatic heterocycles. The van der Waals surface area contributed by atoms with Gasteiger partial charge in [-0.1, -0.05) is 54.6 Å². The molecule has 0 bridgehead atoms. The molecular formula is C24H22N2O2. The molecule has 140 valence electrons. The summed E-state index contributed by atoms with van der Waals surface area (Å²) >= 11 is 0. The van der Waals surface area contributed by atoms with E-state index in [1.54, 1.807) is 7.11 Å². The van der Waals surface area contributed by atoms with Crippen molar-refractivity contribution in [3.05, 3.63) is 88.8 Å². The zero-order valence-corrected chi connectivity index (χ0v) is 16.0. The van der Waals surface area contributed by atoms with Crippen molar-refractivity contribution < 1.29 is 9.53 Å². The molecule has 2 aliphatic rings. The third-order valence-electron chi connectivity index (χ3n) is 5.69. The Kier molecular flexibility index (Phi) is 4.75. The summed E-state index contributed by atoms with van der Waals surface area (Å²) in [5.41, 5.74) is 4.29. The van der Waals surface area contributed by atoms with Crippen molar-refractivity contribution in [1.29, 1.82) is 5.26 Å². The molecule has 4 nitrogen and oxygen atoms in total. The largest absolute Gasteiger partial charge is 0.496 e. The number of para-hydroxylation sites is 1. The minimum atomic E-state index is -0.394. The number of carbonyl (C=O) groups is 1. The van der Waals surface area contributed by atoms with E-state index in [-0.39, 0.29) is 17.6 Å². The van der Waals surface area contributed by atoms with Crippen LogP contribution in [0.25, 0.3) is 0 Å². The van der Waals surface area contributed by atoms with Crippen molar-refractivity contribution >= 4 is 5.78 Å². The second-order valence-electron chi connectivity index (χ2n) is 7.28. The van der Waals surface area contributed by atoms with Crippen molar-refractivity contribution in [1.82, 2.24) is 5.32 Å². The first kappa shape index (κ1) is 18.1. The summed E-state index contributed by atoms with van der Waals surface area (Å²) in [4.78, 5) is 13.3. The lowest BCUT2D eigenvalue weighted by Crippen LogP contribution is -2.40. The fourth-order valence-electron chi connectivity index (χ4n) is 4.39. The fourth-order valence-corrected chi connectivity index (χ4v) is 4.39. The van der Waals surface area contributed by atoms with Crippen molar-refractivity contribution in [2.45, 2.75) is 25.2 Å². The number of hydrogen-bond donors (Lipinski definition) is 1. The number of hydrogen-bond acceptors (Lipinski definition) is 4. The Morgan fingerprint density at radius 1 is 1.07 bits per heavy atom. The number of nitrogens with one attached hydrogen (secondary N) is 1. The number of nitrogens with zero attached hydrogens (tertiary/aromatic N) is 1. The summed E-state index contributed by atoms with van der Waals surface area (Å²) in [5, 5.41) is 13.2. The number of methoxy groups -OCH3 is 1. The second-order valence-corrected chi connectivity index (χ2v) is 7.28. The summed E-state index contributed by atoms with van der Waals surface area (Å²) < 4.78 is 5.55. The fraction of sp³-hybridized carbons (Fsp3) is 0.250. The molecule has 1 heterocycles. The van der Waals surface area contributed by atoms with Crippen LogP contribution in [0.4, 0.5) is 0 Å². The molecule has 2 aromatic carbocycles. The van der Waals surface area contributed by atoms with Crippen LogP contribution >= 0.6 is 0 Å². The molecule has 3 unspecified atom stereocenters. The van der Waals surface area contributed by atoms with Crippen LogP contribution < -0.4 is 10.1 Å². The van der Waals surface area contributed by atoms with Gasteiger partial charge in [0.15, 0.2) is 0 Å². The van der Waals surface area contributed by atoms with Gasteiger partial charge in [-0.05, 0) is 18.6 Å². The highest BCUT2D eigenvalue weighted by Gasteiger charge is 2.43. The Hall–Kier alpha value is -3.32. The number of rotatable bonds is 3. The molecule has 4 heteroatoms. The van der Waals surface area contributed by atoms with Gasteiger partial charge in [0.2, 0.25) is 0 Å². The lowest BCUT2D eigenvalue weighted by atomic mass is 9.69. The lowest BCUT2D eigenvalue weighted by Gasteiger charge is -2.38. The normalized spacial score (nSPS) is 24.0. The molecule has 3 atom stereocenters. The van der Waals surface area contributed by atoms with E-state index in [0.29, 0.717) is 17.7 Å². The summed E-state index contributed by atoms with van der Waals surface area (Å²) in [6.45, 7) is 1.90. The van der Waals surface area contributed by atoms with Gasteiger partial charge in [-0.3, -0.25) is 4.79 Å². The summed E-state index contributed by atoms with van der Waals surface area (Å²) in [7, 11) is 1.62.